The van der Waals surface area contributed by atoms with Gasteiger partial charge in [-0.3, -0.25) is 0 Å². The lowest BCUT2D eigenvalue weighted by Gasteiger charge is -2.39. The fourth-order valence-corrected chi connectivity index (χ4v) is 2.78. The topological polar surface area (TPSA) is 21.3 Å². The van der Waals surface area contributed by atoms with E-state index < -0.39 is 12.8 Å². The number of nitrogens with one attached hydrogen (secondary N) is 1. The van der Waals surface area contributed by atoms with Crippen molar-refractivity contribution in [2.24, 2.45) is 5.41 Å². The van der Waals surface area contributed by atoms with Crippen LogP contribution in [0.25, 0.3) is 0 Å². The Morgan fingerprint density at radius 3 is 2.43 bits per heavy atom. The summed E-state index contributed by atoms with van der Waals surface area (Å²) in [4.78, 5) is 0. The molecule has 5 heteroatoms. The number of rotatable bonds is 4. The van der Waals surface area contributed by atoms with E-state index in [-0.39, 0.29) is 11.2 Å². The van der Waals surface area contributed by atoms with Gasteiger partial charge in [-0.2, -0.15) is 13.2 Å². The average Bonchev–Trinajstić information content (AvgIpc) is 2.39. The molecular formula is C16H22F3NO. The Morgan fingerprint density at radius 1 is 1.19 bits per heavy atom. The van der Waals surface area contributed by atoms with Crippen LogP contribution in [0.4, 0.5) is 18.9 Å². The lowest BCUT2D eigenvalue weighted by Crippen LogP contribution is -2.38. The van der Waals surface area contributed by atoms with Crippen LogP contribution in [-0.2, 0) is 0 Å². The van der Waals surface area contributed by atoms with Crippen LogP contribution in [0, 0.1) is 5.41 Å². The quantitative estimate of drug-likeness (QED) is 0.844. The van der Waals surface area contributed by atoms with Gasteiger partial charge >= 0.3 is 6.18 Å². The van der Waals surface area contributed by atoms with E-state index in [1.807, 2.05) is 0 Å². The summed E-state index contributed by atoms with van der Waals surface area (Å²) in [5.41, 5.74) is 1.17. The van der Waals surface area contributed by atoms with Crippen LogP contribution in [0.5, 0.6) is 5.75 Å². The molecule has 1 aromatic carbocycles. The van der Waals surface area contributed by atoms with Crippen molar-refractivity contribution in [2.45, 2.75) is 51.7 Å². The first kappa shape index (κ1) is 16.0. The smallest absolute Gasteiger partial charge is 0.422 e. The number of hydrogen-bond acceptors (Lipinski definition) is 2. The zero-order valence-electron chi connectivity index (χ0n) is 12.5. The van der Waals surface area contributed by atoms with Crippen molar-refractivity contribution in [2.75, 3.05) is 11.9 Å². The molecule has 0 saturated heterocycles. The lowest BCUT2D eigenvalue weighted by molar-refractivity contribution is -0.153. The number of alkyl halides is 3. The molecule has 0 spiro atoms. The summed E-state index contributed by atoms with van der Waals surface area (Å²) in [6, 6.07) is 7.09. The Bertz CT molecular complexity index is 454. The third kappa shape index (κ3) is 4.83. The molecule has 0 heterocycles. The van der Waals surface area contributed by atoms with Gasteiger partial charge in [-0.05, 0) is 42.5 Å². The Labute approximate surface area is 123 Å². The molecule has 2 nitrogen and oxygen atoms in total. The Morgan fingerprint density at radius 2 is 1.86 bits per heavy atom. The number of anilines is 1. The number of hydrogen-bond donors (Lipinski definition) is 1. The second-order valence-corrected chi connectivity index (χ2v) is 6.36. The summed E-state index contributed by atoms with van der Waals surface area (Å²) in [7, 11) is 0. The van der Waals surface area contributed by atoms with Crippen molar-refractivity contribution >= 4 is 5.69 Å². The summed E-state index contributed by atoms with van der Waals surface area (Å²) >= 11 is 0. The van der Waals surface area contributed by atoms with Gasteiger partial charge in [0.25, 0.3) is 0 Å². The SMILES string of the molecule is CC1(C)CCCCC1Nc1ccc(OCC(F)(F)F)cc1. The maximum Gasteiger partial charge on any atom is 0.422 e. The summed E-state index contributed by atoms with van der Waals surface area (Å²) in [6.07, 6.45) is 0.489. The molecule has 1 saturated carbocycles. The Hall–Kier alpha value is -1.39. The molecule has 0 aliphatic heterocycles. The third-order valence-electron chi connectivity index (χ3n) is 4.10. The summed E-state index contributed by atoms with van der Waals surface area (Å²) < 4.78 is 40.9. The van der Waals surface area contributed by atoms with Gasteiger partial charge in [0.2, 0.25) is 0 Å². The summed E-state index contributed by atoms with van der Waals surface area (Å²) in [5.74, 6) is 0.237. The van der Waals surface area contributed by atoms with Gasteiger partial charge in [0, 0.05) is 11.7 Å². The molecule has 1 aliphatic rings. The van der Waals surface area contributed by atoms with Gasteiger partial charge in [-0.15, -0.1) is 0 Å². The fraction of sp³-hybridized carbons (Fsp3) is 0.625. The van der Waals surface area contributed by atoms with Crippen LogP contribution < -0.4 is 10.1 Å². The minimum atomic E-state index is -4.30. The molecule has 0 aromatic heterocycles. The minimum absolute atomic E-state index is 0.237. The first-order valence-corrected chi connectivity index (χ1v) is 7.32. The third-order valence-corrected chi connectivity index (χ3v) is 4.10. The number of benzene rings is 1. The minimum Gasteiger partial charge on any atom is -0.484 e. The maximum absolute atomic E-state index is 12.1. The van der Waals surface area contributed by atoms with Gasteiger partial charge in [-0.1, -0.05) is 26.7 Å². The van der Waals surface area contributed by atoms with E-state index in [1.165, 1.54) is 19.3 Å². The predicted octanol–water partition coefficient (Wildman–Crippen LogP) is 5.01. The molecule has 0 amide bonds. The van der Waals surface area contributed by atoms with Crippen LogP contribution in [0.15, 0.2) is 24.3 Å². The Balaban J connectivity index is 1.93. The second-order valence-electron chi connectivity index (χ2n) is 6.36. The van der Waals surface area contributed by atoms with Crippen LogP contribution in [0.3, 0.4) is 0 Å². The summed E-state index contributed by atoms with van der Waals surface area (Å²) in [6.45, 7) is 3.25. The van der Waals surface area contributed by atoms with Crippen molar-refractivity contribution < 1.29 is 17.9 Å². The van der Waals surface area contributed by atoms with Crippen LogP contribution in [0.1, 0.15) is 39.5 Å². The highest BCUT2D eigenvalue weighted by atomic mass is 19.4. The molecule has 1 aromatic rings. The number of ether oxygens (including phenoxy) is 1. The standard InChI is InChI=1S/C16H22F3NO/c1-15(2)10-4-3-5-14(15)20-12-6-8-13(9-7-12)21-11-16(17,18)19/h6-9,14,20H,3-5,10-11H2,1-2H3. The van der Waals surface area contributed by atoms with Gasteiger partial charge in [0.05, 0.1) is 0 Å². The van der Waals surface area contributed by atoms with E-state index in [2.05, 4.69) is 19.2 Å². The molecule has 1 N–H and O–H groups in total. The highest BCUT2D eigenvalue weighted by Gasteiger charge is 2.32. The molecule has 0 radical (unpaired) electrons. The molecule has 1 unspecified atom stereocenters. The molecular weight excluding hydrogens is 279 g/mol. The predicted molar refractivity (Wildman–Crippen MR) is 77.7 cm³/mol. The second kappa shape index (κ2) is 6.16. The Kier molecular flexibility index (Phi) is 4.69. The monoisotopic (exact) mass is 301 g/mol. The van der Waals surface area contributed by atoms with Crippen molar-refractivity contribution in [3.05, 3.63) is 24.3 Å². The van der Waals surface area contributed by atoms with Crippen molar-refractivity contribution in [3.8, 4) is 5.75 Å². The average molecular weight is 301 g/mol. The lowest BCUT2D eigenvalue weighted by atomic mass is 9.73. The van der Waals surface area contributed by atoms with Crippen molar-refractivity contribution in [1.82, 2.24) is 0 Å². The molecule has 118 valence electrons. The zero-order chi connectivity index (χ0) is 15.5. The van der Waals surface area contributed by atoms with Gasteiger partial charge in [0.1, 0.15) is 5.75 Å². The normalized spacial score (nSPS) is 21.9. The molecule has 1 atom stereocenters. The highest BCUT2D eigenvalue weighted by Crippen LogP contribution is 2.37. The van der Waals surface area contributed by atoms with E-state index in [4.69, 9.17) is 4.74 Å². The molecule has 21 heavy (non-hydrogen) atoms. The highest BCUT2D eigenvalue weighted by molar-refractivity contribution is 5.47. The maximum atomic E-state index is 12.1. The first-order chi connectivity index (χ1) is 9.76. The molecule has 2 rings (SSSR count). The van der Waals surface area contributed by atoms with Crippen molar-refractivity contribution in [1.29, 1.82) is 0 Å². The number of halogens is 3. The molecule has 0 bridgehead atoms. The zero-order valence-corrected chi connectivity index (χ0v) is 12.5. The molecule has 1 fully saturated rings. The van der Waals surface area contributed by atoms with E-state index in [1.54, 1.807) is 24.3 Å². The fourth-order valence-electron chi connectivity index (χ4n) is 2.78. The summed E-state index contributed by atoms with van der Waals surface area (Å²) in [5, 5.41) is 3.49. The van der Waals surface area contributed by atoms with Crippen LogP contribution in [0.2, 0.25) is 0 Å². The van der Waals surface area contributed by atoms with Gasteiger partial charge in [0.15, 0.2) is 6.61 Å². The first-order valence-electron chi connectivity index (χ1n) is 7.32. The van der Waals surface area contributed by atoms with Gasteiger partial charge < -0.3 is 10.1 Å². The largest absolute Gasteiger partial charge is 0.484 e. The van der Waals surface area contributed by atoms with Crippen molar-refractivity contribution in [3.63, 3.8) is 0 Å². The van der Waals surface area contributed by atoms with E-state index >= 15 is 0 Å². The van der Waals surface area contributed by atoms with E-state index in [0.717, 1.165) is 12.1 Å². The van der Waals surface area contributed by atoms with E-state index in [9.17, 15) is 13.2 Å². The van der Waals surface area contributed by atoms with Crippen LogP contribution >= 0.6 is 0 Å². The molecule has 1 aliphatic carbocycles. The van der Waals surface area contributed by atoms with E-state index in [0.29, 0.717) is 6.04 Å². The van der Waals surface area contributed by atoms with Crippen LogP contribution in [-0.4, -0.2) is 18.8 Å². The van der Waals surface area contributed by atoms with Gasteiger partial charge in [-0.25, -0.2) is 0 Å².